The van der Waals surface area contributed by atoms with Gasteiger partial charge < -0.3 is 15.2 Å². The van der Waals surface area contributed by atoms with Gasteiger partial charge in [0.2, 0.25) is 0 Å². The molecule has 0 aliphatic rings. The summed E-state index contributed by atoms with van der Waals surface area (Å²) < 4.78 is 12.3. The molecule has 0 fully saturated rings. The maximum Gasteiger partial charge on any atom is 0.154 e. The van der Waals surface area contributed by atoms with Crippen molar-refractivity contribution in [3.63, 3.8) is 0 Å². The normalized spacial score (nSPS) is 10.8. The lowest BCUT2D eigenvalue weighted by atomic mass is 10.1. The van der Waals surface area contributed by atoms with Crippen LogP contribution in [-0.2, 0) is 0 Å². The van der Waals surface area contributed by atoms with Crippen LogP contribution in [0, 0.1) is 22.7 Å². The minimum atomic E-state index is -0.170. The molecule has 0 spiro atoms. The molecule has 0 atom stereocenters. The van der Waals surface area contributed by atoms with Crippen molar-refractivity contribution < 1.29 is 9.47 Å². The van der Waals surface area contributed by atoms with Crippen molar-refractivity contribution in [2.24, 2.45) is 0 Å². The van der Waals surface area contributed by atoms with Gasteiger partial charge in [-0.15, -0.1) is 11.8 Å². The zero-order chi connectivity index (χ0) is 23.7. The first-order valence-electron chi connectivity index (χ1n) is 10.9. The predicted molar refractivity (Wildman–Crippen MR) is 133 cm³/mol. The molecule has 170 valence electrons. The Bertz CT molecular complexity index is 1010. The molecule has 0 unspecified atom stereocenters. The van der Waals surface area contributed by atoms with Gasteiger partial charge in [-0.3, -0.25) is 0 Å². The molecule has 0 amide bonds. The first-order valence-corrected chi connectivity index (χ1v) is 12.7. The number of thioether (sulfide) groups is 1. The molecule has 2 aromatic carbocycles. The van der Waals surface area contributed by atoms with Crippen molar-refractivity contribution in [1.29, 1.82) is 10.5 Å². The van der Waals surface area contributed by atoms with E-state index in [-0.39, 0.29) is 23.3 Å². The molecule has 0 saturated carbocycles. The minimum absolute atomic E-state index is 0.153. The zero-order valence-corrected chi connectivity index (χ0v) is 21.0. The van der Waals surface area contributed by atoms with Crippen molar-refractivity contribution in [2.45, 2.75) is 80.8 Å². The van der Waals surface area contributed by atoms with Gasteiger partial charge in [0.15, 0.2) is 11.5 Å². The van der Waals surface area contributed by atoms with Gasteiger partial charge in [-0.05, 0) is 52.0 Å². The second-order valence-corrected chi connectivity index (χ2v) is 9.98. The van der Waals surface area contributed by atoms with Crippen LogP contribution in [-0.4, -0.2) is 18.0 Å². The van der Waals surface area contributed by atoms with Gasteiger partial charge in [0, 0.05) is 10.6 Å². The monoisotopic (exact) mass is 469 g/mol. The number of anilines is 1. The topological polar surface area (TPSA) is 92.1 Å². The lowest BCUT2D eigenvalue weighted by Gasteiger charge is -2.24. The van der Waals surface area contributed by atoms with Gasteiger partial charge in [-0.2, -0.15) is 10.5 Å². The number of hydrogen-bond donors (Lipinski definition) is 1. The summed E-state index contributed by atoms with van der Waals surface area (Å²) in [5, 5.41) is 20.0. The Hall–Kier alpha value is -2.48. The lowest BCUT2D eigenvalue weighted by Crippen LogP contribution is -2.13. The first kappa shape index (κ1) is 25.8. The Morgan fingerprint density at radius 2 is 1.47 bits per heavy atom. The summed E-state index contributed by atoms with van der Waals surface area (Å²) in [5.74, 6) is 1.74. The largest absolute Gasteiger partial charge is 0.488 e. The van der Waals surface area contributed by atoms with E-state index in [1.807, 2.05) is 52.0 Å². The maximum atomic E-state index is 10.0. The number of nitrogens with zero attached hydrogens (tertiary/aromatic N) is 2. The van der Waals surface area contributed by atoms with E-state index in [2.05, 4.69) is 19.1 Å². The van der Waals surface area contributed by atoms with Gasteiger partial charge >= 0.3 is 0 Å². The fraction of sp³-hybridized carbons (Fsp3) is 0.440. The van der Waals surface area contributed by atoms with Crippen molar-refractivity contribution >= 4 is 29.2 Å². The Labute approximate surface area is 200 Å². The van der Waals surface area contributed by atoms with Gasteiger partial charge in [0.05, 0.1) is 22.0 Å². The number of nitriles is 2. The van der Waals surface area contributed by atoms with E-state index >= 15 is 0 Å². The van der Waals surface area contributed by atoms with E-state index in [1.54, 1.807) is 11.8 Å². The second kappa shape index (κ2) is 12.5. The van der Waals surface area contributed by atoms with E-state index in [0.717, 1.165) is 39.7 Å². The van der Waals surface area contributed by atoms with Crippen molar-refractivity contribution in [3.05, 3.63) is 35.4 Å². The molecule has 2 rings (SSSR count). The van der Waals surface area contributed by atoms with Gasteiger partial charge in [-0.1, -0.05) is 43.7 Å². The third-order valence-corrected chi connectivity index (χ3v) is 6.86. The van der Waals surface area contributed by atoms with E-state index in [1.165, 1.54) is 11.8 Å². The average molecular weight is 470 g/mol. The lowest BCUT2D eigenvalue weighted by molar-refractivity contribution is 0.223. The molecular weight excluding hydrogens is 438 g/mol. The number of unbranched alkanes of at least 4 members (excludes halogenated alkanes) is 2. The van der Waals surface area contributed by atoms with Gasteiger partial charge in [0.1, 0.15) is 23.3 Å². The number of ether oxygens (including phenoxy) is 2. The fourth-order valence-electron chi connectivity index (χ4n) is 3.00. The van der Waals surface area contributed by atoms with Crippen LogP contribution in [0.5, 0.6) is 11.5 Å². The number of rotatable bonds is 11. The van der Waals surface area contributed by atoms with Crippen molar-refractivity contribution in [2.75, 3.05) is 11.5 Å². The fourth-order valence-corrected chi connectivity index (χ4v) is 5.34. The molecule has 7 heteroatoms. The second-order valence-electron chi connectivity index (χ2n) is 7.82. The summed E-state index contributed by atoms with van der Waals surface area (Å²) >= 11 is 3.10. The highest BCUT2D eigenvalue weighted by Crippen LogP contribution is 2.51. The van der Waals surface area contributed by atoms with E-state index < -0.39 is 0 Å². The molecule has 32 heavy (non-hydrogen) atoms. The standard InChI is InChI=1S/C25H31N3O2S2/c1-6-7-10-13-31-24-22(29-16(2)3)18(14-26)19(15-27)23(30-17(4)5)25(24)32-21-12-9-8-11-20(21)28/h8-9,11-12,16-17H,6-7,10,13,28H2,1-5H3. The van der Waals surface area contributed by atoms with Crippen LogP contribution in [0.25, 0.3) is 0 Å². The van der Waals surface area contributed by atoms with E-state index in [0.29, 0.717) is 17.2 Å². The molecule has 0 saturated heterocycles. The Kier molecular flexibility index (Phi) is 10.1. The molecule has 0 aromatic heterocycles. The van der Waals surface area contributed by atoms with Crippen molar-refractivity contribution in [1.82, 2.24) is 0 Å². The van der Waals surface area contributed by atoms with Crippen molar-refractivity contribution in [3.8, 4) is 23.6 Å². The number of hydrogen-bond acceptors (Lipinski definition) is 7. The molecule has 5 nitrogen and oxygen atoms in total. The number of para-hydroxylation sites is 1. The van der Waals surface area contributed by atoms with Gasteiger partial charge in [0.25, 0.3) is 0 Å². The van der Waals surface area contributed by atoms with Crippen LogP contribution >= 0.6 is 23.5 Å². The minimum Gasteiger partial charge on any atom is -0.488 e. The highest BCUT2D eigenvalue weighted by Gasteiger charge is 2.29. The van der Waals surface area contributed by atoms with Gasteiger partial charge in [-0.25, -0.2) is 0 Å². The SMILES string of the molecule is CCCCCSc1c(OC(C)C)c(C#N)c(C#N)c(OC(C)C)c1Sc1ccccc1N. The van der Waals surface area contributed by atoms with Crippen LogP contribution in [0.2, 0.25) is 0 Å². The molecule has 0 bridgehead atoms. The summed E-state index contributed by atoms with van der Waals surface area (Å²) in [4.78, 5) is 2.46. The molecule has 0 heterocycles. The molecule has 2 aromatic rings. The number of nitrogen functional groups attached to an aromatic ring is 1. The smallest absolute Gasteiger partial charge is 0.154 e. The number of nitrogens with two attached hydrogens (primary N) is 1. The molecule has 2 N–H and O–H groups in total. The van der Waals surface area contributed by atoms with E-state index in [9.17, 15) is 10.5 Å². The molecule has 0 radical (unpaired) electrons. The highest BCUT2D eigenvalue weighted by molar-refractivity contribution is 8.02. The molecule has 0 aliphatic heterocycles. The van der Waals surface area contributed by atoms with Crippen LogP contribution in [0.4, 0.5) is 5.69 Å². The summed E-state index contributed by atoms with van der Waals surface area (Å²) in [6, 6.07) is 12.0. The Balaban J connectivity index is 2.82. The Morgan fingerprint density at radius 1 is 0.906 bits per heavy atom. The zero-order valence-electron chi connectivity index (χ0n) is 19.4. The number of benzene rings is 2. The third-order valence-electron chi connectivity index (χ3n) is 4.38. The molecule has 0 aliphatic carbocycles. The highest BCUT2D eigenvalue weighted by atomic mass is 32.2. The summed E-state index contributed by atoms with van der Waals surface area (Å²) in [5.41, 5.74) is 7.30. The summed E-state index contributed by atoms with van der Waals surface area (Å²) in [6.07, 6.45) is 2.97. The molecular formula is C25H31N3O2S2. The van der Waals surface area contributed by atoms with E-state index in [4.69, 9.17) is 15.2 Å². The third kappa shape index (κ3) is 6.51. The van der Waals surface area contributed by atoms with Crippen LogP contribution in [0.3, 0.4) is 0 Å². The van der Waals surface area contributed by atoms with Crippen LogP contribution < -0.4 is 15.2 Å². The first-order chi connectivity index (χ1) is 15.3. The predicted octanol–water partition coefficient (Wildman–Crippen LogP) is 7.02. The summed E-state index contributed by atoms with van der Waals surface area (Å²) in [6.45, 7) is 9.82. The quantitative estimate of drug-likeness (QED) is 0.215. The Morgan fingerprint density at radius 3 is 1.97 bits per heavy atom. The summed E-state index contributed by atoms with van der Waals surface area (Å²) in [7, 11) is 0. The van der Waals surface area contributed by atoms with Crippen LogP contribution in [0.15, 0.2) is 39.0 Å². The maximum absolute atomic E-state index is 10.0. The average Bonchev–Trinajstić information content (AvgIpc) is 2.74. The van der Waals surface area contributed by atoms with Crippen LogP contribution in [0.1, 0.15) is 65.0 Å².